The number of hydrogen-bond acceptors (Lipinski definition) is 4. The molecular formula is C16H13NO3. The zero-order chi connectivity index (χ0) is 14.3. The Morgan fingerprint density at radius 3 is 2.30 bits per heavy atom. The summed E-state index contributed by atoms with van der Waals surface area (Å²) in [7, 11) is 0. The molecule has 0 aromatic heterocycles. The molecule has 0 bridgehead atoms. The van der Waals surface area contributed by atoms with Crippen LogP contribution in [0.3, 0.4) is 0 Å². The van der Waals surface area contributed by atoms with Crippen molar-refractivity contribution in [1.29, 1.82) is 0 Å². The van der Waals surface area contributed by atoms with Crippen molar-refractivity contribution in [2.45, 2.75) is 6.92 Å². The fraction of sp³-hybridized carbons (Fsp3) is 0.125. The molecule has 0 aliphatic carbocycles. The van der Waals surface area contributed by atoms with Gasteiger partial charge in [0.25, 0.3) is 5.43 Å². The summed E-state index contributed by atoms with van der Waals surface area (Å²) in [6.45, 7) is 2.79. The van der Waals surface area contributed by atoms with Gasteiger partial charge in [-0.15, -0.1) is 0 Å². The van der Waals surface area contributed by atoms with E-state index in [1.807, 2.05) is 25.1 Å². The lowest BCUT2D eigenvalue weighted by molar-refractivity contribution is 0.465. The summed E-state index contributed by atoms with van der Waals surface area (Å²) in [4.78, 5) is 22.4. The van der Waals surface area contributed by atoms with Gasteiger partial charge in [0, 0.05) is 12.2 Å². The van der Waals surface area contributed by atoms with Crippen LogP contribution in [0.5, 0.6) is 5.75 Å². The predicted octanol–water partition coefficient (Wildman–Crippen LogP) is 1.55. The second-order valence-corrected chi connectivity index (χ2v) is 4.83. The lowest BCUT2D eigenvalue weighted by Crippen LogP contribution is -2.31. The third-order valence-corrected chi connectivity index (χ3v) is 3.47. The Morgan fingerprint density at radius 2 is 1.70 bits per heavy atom. The number of dihydropyridines is 1. The van der Waals surface area contributed by atoms with Crippen LogP contribution in [0.1, 0.15) is 12.5 Å². The molecule has 0 radical (unpaired) electrons. The predicted molar refractivity (Wildman–Crippen MR) is 78.2 cm³/mol. The Balaban J connectivity index is 1.95. The zero-order valence-electron chi connectivity index (χ0n) is 10.9. The fourth-order valence-corrected chi connectivity index (χ4v) is 2.34. The molecule has 2 N–H and O–H groups in total. The SMILES string of the molecule is CC1=CC(c2ccc(-c3c(O)c(=O)c3=O)cc2)=CCN1. The first-order valence-corrected chi connectivity index (χ1v) is 6.33. The first-order chi connectivity index (χ1) is 9.58. The lowest BCUT2D eigenvalue weighted by Gasteiger charge is -2.14. The average Bonchev–Trinajstić information content (AvgIpc) is 2.48. The smallest absolute Gasteiger partial charge is 0.268 e. The Hall–Kier alpha value is -2.62. The van der Waals surface area contributed by atoms with Crippen LogP contribution in [-0.2, 0) is 0 Å². The number of hydrogen-bond donors (Lipinski definition) is 2. The van der Waals surface area contributed by atoms with Gasteiger partial charge < -0.3 is 10.4 Å². The first-order valence-electron chi connectivity index (χ1n) is 6.33. The average molecular weight is 267 g/mol. The third kappa shape index (κ3) is 1.86. The molecule has 0 unspecified atom stereocenters. The fourth-order valence-electron chi connectivity index (χ4n) is 2.34. The van der Waals surface area contributed by atoms with E-state index in [9.17, 15) is 14.7 Å². The molecule has 3 rings (SSSR count). The highest BCUT2D eigenvalue weighted by molar-refractivity contribution is 5.79. The van der Waals surface area contributed by atoms with Crippen molar-refractivity contribution < 1.29 is 5.11 Å². The summed E-state index contributed by atoms with van der Waals surface area (Å²) in [5, 5.41) is 12.6. The van der Waals surface area contributed by atoms with E-state index in [1.165, 1.54) is 0 Å². The largest absolute Gasteiger partial charge is 0.503 e. The van der Waals surface area contributed by atoms with Gasteiger partial charge in [-0.05, 0) is 29.7 Å². The highest BCUT2D eigenvalue weighted by Gasteiger charge is 2.21. The summed E-state index contributed by atoms with van der Waals surface area (Å²) >= 11 is 0. The van der Waals surface area contributed by atoms with Gasteiger partial charge >= 0.3 is 0 Å². The maximum atomic E-state index is 11.4. The topological polar surface area (TPSA) is 66.4 Å². The summed E-state index contributed by atoms with van der Waals surface area (Å²) in [5.74, 6) is -0.431. The normalized spacial score (nSPS) is 14.7. The van der Waals surface area contributed by atoms with E-state index < -0.39 is 16.6 Å². The van der Waals surface area contributed by atoms with Gasteiger partial charge in [0.15, 0.2) is 5.75 Å². The monoisotopic (exact) mass is 267 g/mol. The number of rotatable bonds is 2. The second-order valence-electron chi connectivity index (χ2n) is 4.83. The minimum Gasteiger partial charge on any atom is -0.503 e. The minimum absolute atomic E-state index is 0.118. The van der Waals surface area contributed by atoms with Crippen LogP contribution >= 0.6 is 0 Å². The number of aromatic hydroxyl groups is 1. The minimum atomic E-state index is -0.802. The number of allylic oxidation sites excluding steroid dienone is 3. The van der Waals surface area contributed by atoms with E-state index >= 15 is 0 Å². The Kier molecular flexibility index (Phi) is 2.79. The quantitative estimate of drug-likeness (QED) is 0.810. The van der Waals surface area contributed by atoms with Crippen LogP contribution in [-0.4, -0.2) is 11.7 Å². The summed E-state index contributed by atoms with van der Waals surface area (Å²) in [6.07, 6.45) is 4.13. The van der Waals surface area contributed by atoms with Crippen molar-refractivity contribution >= 4 is 5.57 Å². The molecule has 0 atom stereocenters. The van der Waals surface area contributed by atoms with Crippen molar-refractivity contribution in [3.05, 3.63) is 68.1 Å². The van der Waals surface area contributed by atoms with Gasteiger partial charge in [-0.3, -0.25) is 9.59 Å². The molecule has 2 aromatic rings. The van der Waals surface area contributed by atoms with E-state index in [1.54, 1.807) is 12.1 Å². The third-order valence-electron chi connectivity index (χ3n) is 3.47. The highest BCUT2D eigenvalue weighted by Crippen LogP contribution is 2.27. The van der Waals surface area contributed by atoms with E-state index in [2.05, 4.69) is 11.4 Å². The molecule has 1 heterocycles. The molecule has 0 saturated heterocycles. The van der Waals surface area contributed by atoms with E-state index in [0.717, 1.165) is 23.4 Å². The summed E-state index contributed by atoms with van der Waals surface area (Å²) < 4.78 is 0. The van der Waals surface area contributed by atoms with Gasteiger partial charge in [-0.25, -0.2) is 0 Å². The van der Waals surface area contributed by atoms with Crippen molar-refractivity contribution in [3.8, 4) is 16.9 Å². The molecule has 4 heteroatoms. The van der Waals surface area contributed by atoms with Crippen molar-refractivity contribution in [2.24, 2.45) is 0 Å². The van der Waals surface area contributed by atoms with Crippen LogP contribution in [0.4, 0.5) is 0 Å². The second kappa shape index (κ2) is 4.49. The molecule has 0 spiro atoms. The molecule has 2 aromatic carbocycles. The van der Waals surface area contributed by atoms with Gasteiger partial charge in [0.2, 0.25) is 5.43 Å². The number of benzene rings is 1. The first kappa shape index (κ1) is 12.4. The van der Waals surface area contributed by atoms with E-state index in [0.29, 0.717) is 5.56 Å². The van der Waals surface area contributed by atoms with Crippen LogP contribution in [0.25, 0.3) is 16.7 Å². The van der Waals surface area contributed by atoms with Crippen LogP contribution < -0.4 is 16.2 Å². The Morgan fingerprint density at radius 1 is 1.05 bits per heavy atom. The molecule has 0 fully saturated rings. The molecular weight excluding hydrogens is 254 g/mol. The summed E-state index contributed by atoms with van der Waals surface area (Å²) in [5.41, 5.74) is 2.52. The van der Waals surface area contributed by atoms with Gasteiger partial charge in [-0.1, -0.05) is 30.3 Å². The van der Waals surface area contributed by atoms with Crippen molar-refractivity contribution in [3.63, 3.8) is 0 Å². The zero-order valence-corrected chi connectivity index (χ0v) is 10.9. The Labute approximate surface area is 115 Å². The van der Waals surface area contributed by atoms with E-state index in [-0.39, 0.29) is 5.56 Å². The van der Waals surface area contributed by atoms with Crippen LogP contribution in [0, 0.1) is 0 Å². The standard InChI is InChI=1S/C16H13NO3/c1-9-8-12(6-7-17-9)10-2-4-11(5-3-10)13-14(18)16(20)15(13)19/h2-6,8,17-18H,7H2,1H3. The van der Waals surface area contributed by atoms with Gasteiger partial charge in [-0.2, -0.15) is 0 Å². The highest BCUT2D eigenvalue weighted by atomic mass is 16.3. The van der Waals surface area contributed by atoms with Crippen molar-refractivity contribution in [2.75, 3.05) is 6.54 Å². The Bertz CT molecular complexity index is 803. The molecule has 4 nitrogen and oxygen atoms in total. The molecule has 100 valence electrons. The van der Waals surface area contributed by atoms with Gasteiger partial charge in [0.05, 0.1) is 5.56 Å². The maximum Gasteiger partial charge on any atom is 0.268 e. The molecule has 0 saturated carbocycles. The molecule has 20 heavy (non-hydrogen) atoms. The maximum absolute atomic E-state index is 11.4. The molecule has 1 aliphatic rings. The molecule has 0 amide bonds. The van der Waals surface area contributed by atoms with Crippen LogP contribution in [0.2, 0.25) is 0 Å². The number of nitrogens with one attached hydrogen (secondary N) is 1. The van der Waals surface area contributed by atoms with Crippen molar-refractivity contribution in [1.82, 2.24) is 5.32 Å². The van der Waals surface area contributed by atoms with E-state index in [4.69, 9.17) is 0 Å². The molecule has 1 aliphatic heterocycles. The summed E-state index contributed by atoms with van der Waals surface area (Å²) in [6, 6.07) is 7.26. The lowest BCUT2D eigenvalue weighted by atomic mass is 9.96. The van der Waals surface area contributed by atoms with Crippen LogP contribution in [0.15, 0.2) is 51.7 Å². The van der Waals surface area contributed by atoms with Gasteiger partial charge in [0.1, 0.15) is 0 Å².